The minimum atomic E-state index is 0.0945. The van der Waals surface area contributed by atoms with Crippen LogP contribution in [0.3, 0.4) is 0 Å². The maximum absolute atomic E-state index is 4.46. The van der Waals surface area contributed by atoms with Crippen LogP contribution in [0.1, 0.15) is 13.8 Å². The second-order valence-corrected chi connectivity index (χ2v) is 5.96. The van der Waals surface area contributed by atoms with Crippen LogP contribution in [0.25, 0.3) is 0 Å². The normalized spacial score (nSPS) is 31.8. The fourth-order valence-corrected chi connectivity index (χ4v) is 3.09. The van der Waals surface area contributed by atoms with Gasteiger partial charge in [-0.15, -0.1) is 12.6 Å². The molecule has 0 amide bonds. The van der Waals surface area contributed by atoms with Crippen LogP contribution in [0, 0.1) is 17.3 Å². The van der Waals surface area contributed by atoms with Crippen molar-refractivity contribution >= 4 is 12.6 Å². The Hall–Kier alpha value is -1.21. The van der Waals surface area contributed by atoms with E-state index < -0.39 is 0 Å². The lowest BCUT2D eigenvalue weighted by Crippen LogP contribution is -2.21. The van der Waals surface area contributed by atoms with Gasteiger partial charge in [-0.2, -0.15) is 0 Å². The molecule has 0 aromatic heterocycles. The minimum Gasteiger partial charge on any atom is -0.144 e. The molecule has 1 fully saturated rings. The third-order valence-electron chi connectivity index (χ3n) is 4.05. The number of allylic oxidation sites excluding steroid dienone is 9. The number of hydrogen-bond donors (Lipinski definition) is 1. The van der Waals surface area contributed by atoms with E-state index in [0.29, 0.717) is 11.8 Å². The molecule has 0 spiro atoms. The molecule has 1 heteroatoms. The topological polar surface area (TPSA) is 0 Å². The molecule has 0 nitrogen and oxygen atoms in total. The maximum atomic E-state index is 4.46. The Balaban J connectivity index is 2.43. The molecule has 0 aromatic carbocycles. The predicted octanol–water partition coefficient (Wildman–Crippen LogP) is 4.87. The molecule has 2 unspecified atom stereocenters. The summed E-state index contributed by atoms with van der Waals surface area (Å²) in [6.45, 7) is 12.5. The van der Waals surface area contributed by atoms with Crippen molar-refractivity contribution in [3.63, 3.8) is 0 Å². The maximum Gasteiger partial charge on any atom is 0.00958 e. The lowest BCUT2D eigenvalue weighted by molar-refractivity contribution is 0.333. The molecule has 18 heavy (non-hydrogen) atoms. The van der Waals surface area contributed by atoms with Crippen molar-refractivity contribution < 1.29 is 0 Å². The van der Waals surface area contributed by atoms with E-state index >= 15 is 0 Å². The van der Waals surface area contributed by atoms with Gasteiger partial charge in [0.05, 0.1) is 0 Å². The Bertz CT molecular complexity index is 498. The molecule has 2 aliphatic rings. The van der Waals surface area contributed by atoms with Crippen molar-refractivity contribution in [1.29, 1.82) is 0 Å². The standard InChI is InChI=1S/C17H20S/c1-5-6-7-8-14-12(2)17(3,4)16-11-13(18)9-10-15(14)16/h5-11,15-16,18H,1-2H2,3-4H3/b7-6-,14-8+. The zero-order valence-corrected chi connectivity index (χ0v) is 12.0. The van der Waals surface area contributed by atoms with E-state index in [1.54, 1.807) is 6.08 Å². The molecule has 0 aromatic rings. The molecule has 0 bridgehead atoms. The van der Waals surface area contributed by atoms with Gasteiger partial charge in [-0.3, -0.25) is 0 Å². The van der Waals surface area contributed by atoms with Gasteiger partial charge in [-0.1, -0.05) is 69.5 Å². The average molecular weight is 256 g/mol. The van der Waals surface area contributed by atoms with Crippen LogP contribution in [0.4, 0.5) is 0 Å². The first-order chi connectivity index (χ1) is 8.48. The van der Waals surface area contributed by atoms with Crippen molar-refractivity contribution in [3.05, 3.63) is 71.7 Å². The third kappa shape index (κ3) is 2.08. The molecule has 1 saturated carbocycles. The zero-order valence-electron chi connectivity index (χ0n) is 11.1. The first-order valence-electron chi connectivity index (χ1n) is 6.26. The lowest BCUT2D eigenvalue weighted by Gasteiger charge is -2.29. The minimum absolute atomic E-state index is 0.0945. The Morgan fingerprint density at radius 3 is 2.72 bits per heavy atom. The van der Waals surface area contributed by atoms with Crippen LogP contribution in [-0.2, 0) is 0 Å². The van der Waals surface area contributed by atoms with Gasteiger partial charge in [0.25, 0.3) is 0 Å². The monoisotopic (exact) mass is 256 g/mol. The zero-order chi connectivity index (χ0) is 13.3. The van der Waals surface area contributed by atoms with E-state index in [1.165, 1.54) is 11.1 Å². The van der Waals surface area contributed by atoms with E-state index in [9.17, 15) is 0 Å². The number of fused-ring (bicyclic) bond motifs is 1. The Kier molecular flexibility index (Phi) is 3.54. The second kappa shape index (κ2) is 4.81. The molecule has 0 saturated heterocycles. The summed E-state index contributed by atoms with van der Waals surface area (Å²) in [5.74, 6) is 0.892. The third-order valence-corrected chi connectivity index (χ3v) is 4.35. The van der Waals surface area contributed by atoms with E-state index in [-0.39, 0.29) is 5.41 Å². The summed E-state index contributed by atoms with van der Waals surface area (Å²) in [7, 11) is 0. The summed E-state index contributed by atoms with van der Waals surface area (Å²) >= 11 is 4.46. The molecule has 0 heterocycles. The molecule has 0 N–H and O–H groups in total. The lowest BCUT2D eigenvalue weighted by atomic mass is 9.76. The molecule has 0 aliphatic heterocycles. The van der Waals surface area contributed by atoms with E-state index in [2.05, 4.69) is 63.9 Å². The van der Waals surface area contributed by atoms with Gasteiger partial charge >= 0.3 is 0 Å². The molecule has 94 valence electrons. The van der Waals surface area contributed by atoms with Crippen LogP contribution in [0.15, 0.2) is 71.7 Å². The first kappa shape index (κ1) is 13.2. The van der Waals surface area contributed by atoms with Crippen LogP contribution >= 0.6 is 12.6 Å². The van der Waals surface area contributed by atoms with Gasteiger partial charge in [0, 0.05) is 10.8 Å². The molecule has 0 radical (unpaired) electrons. The fraction of sp³-hybridized carbons (Fsp3) is 0.294. The summed E-state index contributed by atoms with van der Waals surface area (Å²) in [5.41, 5.74) is 2.66. The van der Waals surface area contributed by atoms with Crippen LogP contribution in [-0.4, -0.2) is 0 Å². The van der Waals surface area contributed by atoms with E-state index in [1.807, 2.05) is 12.2 Å². The Morgan fingerprint density at radius 2 is 2.06 bits per heavy atom. The highest BCUT2D eigenvalue weighted by Crippen LogP contribution is 2.55. The number of thiol groups is 1. The highest BCUT2D eigenvalue weighted by molar-refractivity contribution is 7.84. The molecular weight excluding hydrogens is 236 g/mol. The number of hydrogen-bond acceptors (Lipinski definition) is 1. The van der Waals surface area contributed by atoms with Crippen LogP contribution < -0.4 is 0 Å². The molecular formula is C17H20S. The summed E-state index contributed by atoms with van der Waals surface area (Å²) in [6, 6.07) is 0. The molecule has 2 aliphatic carbocycles. The molecule has 2 rings (SSSR count). The van der Waals surface area contributed by atoms with Gasteiger partial charge in [-0.25, -0.2) is 0 Å². The van der Waals surface area contributed by atoms with Gasteiger partial charge in [0.1, 0.15) is 0 Å². The summed E-state index contributed by atoms with van der Waals surface area (Å²) < 4.78 is 0. The van der Waals surface area contributed by atoms with Crippen molar-refractivity contribution in [1.82, 2.24) is 0 Å². The fourth-order valence-electron chi connectivity index (χ4n) is 2.84. The van der Waals surface area contributed by atoms with Crippen molar-refractivity contribution in [3.8, 4) is 0 Å². The van der Waals surface area contributed by atoms with Gasteiger partial charge in [-0.05, 0) is 22.5 Å². The largest absolute Gasteiger partial charge is 0.144 e. The van der Waals surface area contributed by atoms with Crippen molar-refractivity contribution in [2.45, 2.75) is 13.8 Å². The quantitative estimate of drug-likeness (QED) is 0.529. The van der Waals surface area contributed by atoms with Gasteiger partial charge in [0.2, 0.25) is 0 Å². The average Bonchev–Trinajstić information content (AvgIpc) is 2.51. The van der Waals surface area contributed by atoms with Crippen LogP contribution in [0.2, 0.25) is 0 Å². The molecule has 2 atom stereocenters. The smallest absolute Gasteiger partial charge is 0.00958 e. The summed E-state index contributed by atoms with van der Waals surface area (Å²) in [5, 5.41) is 0. The van der Waals surface area contributed by atoms with Gasteiger partial charge in [0.15, 0.2) is 0 Å². The summed E-state index contributed by atoms with van der Waals surface area (Å²) in [4.78, 5) is 1.06. The highest BCUT2D eigenvalue weighted by Gasteiger charge is 2.46. The second-order valence-electron chi connectivity index (χ2n) is 5.45. The van der Waals surface area contributed by atoms with Crippen molar-refractivity contribution in [2.75, 3.05) is 0 Å². The SMILES string of the molecule is C=C/C=C\C=C1/C(=C)C(C)(C)C2C=C(S)C=CC12. The van der Waals surface area contributed by atoms with E-state index in [4.69, 9.17) is 0 Å². The Morgan fingerprint density at radius 1 is 1.33 bits per heavy atom. The Labute approximate surface area is 116 Å². The first-order valence-corrected chi connectivity index (χ1v) is 6.71. The van der Waals surface area contributed by atoms with Crippen molar-refractivity contribution in [2.24, 2.45) is 17.3 Å². The van der Waals surface area contributed by atoms with E-state index in [0.717, 1.165) is 4.91 Å². The predicted molar refractivity (Wildman–Crippen MR) is 83.5 cm³/mol. The summed E-state index contributed by atoms with van der Waals surface area (Å²) in [6.07, 6.45) is 14.5. The highest BCUT2D eigenvalue weighted by atomic mass is 32.1. The number of rotatable bonds is 2. The van der Waals surface area contributed by atoms with Crippen LogP contribution in [0.5, 0.6) is 0 Å². The van der Waals surface area contributed by atoms with Gasteiger partial charge < -0.3 is 0 Å².